The van der Waals surface area contributed by atoms with Gasteiger partial charge in [0.05, 0.1) is 11.0 Å². The van der Waals surface area contributed by atoms with Crippen molar-refractivity contribution in [1.29, 1.82) is 0 Å². The van der Waals surface area contributed by atoms with Crippen LogP contribution in [0.2, 0.25) is 10.0 Å². The van der Waals surface area contributed by atoms with Crippen molar-refractivity contribution >= 4 is 34.8 Å². The Bertz CT molecular complexity index is 734. The number of para-hydroxylation sites is 1. The molecule has 114 valence electrons. The van der Waals surface area contributed by atoms with Crippen molar-refractivity contribution in [3.05, 3.63) is 73.8 Å². The van der Waals surface area contributed by atoms with E-state index in [-0.39, 0.29) is 11.3 Å². The molecule has 1 unspecified atom stereocenters. The predicted molar refractivity (Wildman–Crippen MR) is 85.4 cm³/mol. The van der Waals surface area contributed by atoms with Crippen LogP contribution in [0.15, 0.2) is 42.5 Å². The Kier molecular flexibility index (Phi) is 5.00. The van der Waals surface area contributed by atoms with Gasteiger partial charge in [-0.2, -0.15) is 0 Å². The monoisotopic (exact) mass is 338 g/mol. The summed E-state index contributed by atoms with van der Waals surface area (Å²) < 4.78 is 0. The van der Waals surface area contributed by atoms with Gasteiger partial charge in [0.25, 0.3) is 11.6 Å². The van der Waals surface area contributed by atoms with E-state index in [1.807, 2.05) is 0 Å². The summed E-state index contributed by atoms with van der Waals surface area (Å²) in [6, 6.07) is 10.3. The summed E-state index contributed by atoms with van der Waals surface area (Å²) in [5.41, 5.74) is 0.442. The quantitative estimate of drug-likeness (QED) is 0.663. The molecule has 0 spiro atoms. The van der Waals surface area contributed by atoms with Gasteiger partial charge in [-0.15, -0.1) is 0 Å². The zero-order valence-corrected chi connectivity index (χ0v) is 13.1. The van der Waals surface area contributed by atoms with Crippen molar-refractivity contribution in [3.63, 3.8) is 0 Å². The first-order valence-corrected chi connectivity index (χ1v) is 7.15. The Balaban J connectivity index is 2.23. The molecule has 0 bridgehead atoms. The predicted octanol–water partition coefficient (Wildman–Crippen LogP) is 4.39. The maximum Gasteiger partial charge on any atom is 0.282 e. The van der Waals surface area contributed by atoms with Crippen molar-refractivity contribution in [2.75, 3.05) is 0 Å². The average molecular weight is 339 g/mol. The van der Waals surface area contributed by atoms with E-state index in [4.69, 9.17) is 23.2 Å². The van der Waals surface area contributed by atoms with E-state index >= 15 is 0 Å². The summed E-state index contributed by atoms with van der Waals surface area (Å²) in [4.78, 5) is 22.6. The lowest BCUT2D eigenvalue weighted by molar-refractivity contribution is -0.385. The zero-order valence-electron chi connectivity index (χ0n) is 11.5. The summed E-state index contributed by atoms with van der Waals surface area (Å²) in [7, 11) is 0. The summed E-state index contributed by atoms with van der Waals surface area (Å²) in [5, 5.41) is 14.6. The van der Waals surface area contributed by atoms with Gasteiger partial charge >= 0.3 is 0 Å². The van der Waals surface area contributed by atoms with Gasteiger partial charge in [0.15, 0.2) is 0 Å². The fourth-order valence-corrected chi connectivity index (χ4v) is 2.60. The molecule has 2 rings (SSSR count). The highest BCUT2D eigenvalue weighted by atomic mass is 35.5. The first-order chi connectivity index (χ1) is 10.4. The molecule has 0 fully saturated rings. The van der Waals surface area contributed by atoms with E-state index in [0.717, 1.165) is 0 Å². The van der Waals surface area contributed by atoms with Gasteiger partial charge in [-0.05, 0) is 30.7 Å². The summed E-state index contributed by atoms with van der Waals surface area (Å²) in [5.74, 6) is -0.536. The molecule has 0 saturated carbocycles. The van der Waals surface area contributed by atoms with Crippen LogP contribution in [0.5, 0.6) is 0 Å². The van der Waals surface area contributed by atoms with Gasteiger partial charge in [-0.25, -0.2) is 0 Å². The van der Waals surface area contributed by atoms with Gasteiger partial charge in [0.1, 0.15) is 5.56 Å². The normalized spacial score (nSPS) is 11.8. The van der Waals surface area contributed by atoms with E-state index in [2.05, 4.69) is 5.32 Å². The molecule has 1 atom stereocenters. The van der Waals surface area contributed by atoms with Crippen molar-refractivity contribution < 1.29 is 9.72 Å². The van der Waals surface area contributed by atoms with Crippen LogP contribution < -0.4 is 5.32 Å². The number of nitro groups is 1. The van der Waals surface area contributed by atoms with E-state index in [1.54, 1.807) is 31.2 Å². The number of nitro benzene ring substituents is 1. The first kappa shape index (κ1) is 16.3. The molecule has 0 aliphatic heterocycles. The lowest BCUT2D eigenvalue weighted by atomic mass is 10.1. The van der Waals surface area contributed by atoms with Crippen LogP contribution in [0.3, 0.4) is 0 Å². The molecule has 1 N–H and O–H groups in total. The van der Waals surface area contributed by atoms with Crippen LogP contribution in [0.4, 0.5) is 5.69 Å². The highest BCUT2D eigenvalue weighted by Crippen LogP contribution is 2.27. The topological polar surface area (TPSA) is 72.2 Å². The van der Waals surface area contributed by atoms with E-state index in [1.165, 1.54) is 18.2 Å². The minimum atomic E-state index is -0.588. The Morgan fingerprint density at radius 2 is 1.91 bits per heavy atom. The zero-order chi connectivity index (χ0) is 16.3. The lowest BCUT2D eigenvalue weighted by Crippen LogP contribution is -2.27. The fourth-order valence-electron chi connectivity index (χ4n) is 2.03. The molecular weight excluding hydrogens is 327 g/mol. The van der Waals surface area contributed by atoms with E-state index in [9.17, 15) is 14.9 Å². The molecule has 22 heavy (non-hydrogen) atoms. The van der Waals surface area contributed by atoms with Gasteiger partial charge in [-0.1, -0.05) is 41.4 Å². The van der Waals surface area contributed by atoms with Crippen LogP contribution >= 0.6 is 23.2 Å². The SMILES string of the molecule is CC(NC(=O)c1ccccc1[N+](=O)[O-])c1ccc(Cl)cc1Cl. The molecule has 7 heteroatoms. The fraction of sp³-hybridized carbons (Fsp3) is 0.133. The number of benzene rings is 2. The molecule has 0 aliphatic carbocycles. The van der Waals surface area contributed by atoms with Crippen LogP contribution in [0, 0.1) is 10.1 Å². The number of hydrogen-bond donors (Lipinski definition) is 1. The number of carbonyl (C=O) groups is 1. The van der Waals surface area contributed by atoms with Crippen molar-refractivity contribution in [3.8, 4) is 0 Å². The minimum Gasteiger partial charge on any atom is -0.345 e. The molecule has 0 heterocycles. The molecular formula is C15H12Cl2N2O3. The molecule has 0 radical (unpaired) electrons. The van der Waals surface area contributed by atoms with Gasteiger partial charge in [0.2, 0.25) is 0 Å². The lowest BCUT2D eigenvalue weighted by Gasteiger charge is -2.16. The van der Waals surface area contributed by atoms with Crippen LogP contribution in [-0.4, -0.2) is 10.8 Å². The van der Waals surface area contributed by atoms with Crippen molar-refractivity contribution in [2.45, 2.75) is 13.0 Å². The van der Waals surface area contributed by atoms with Gasteiger partial charge in [0, 0.05) is 16.1 Å². The van der Waals surface area contributed by atoms with Crippen LogP contribution in [-0.2, 0) is 0 Å². The van der Waals surface area contributed by atoms with Gasteiger partial charge < -0.3 is 5.32 Å². The molecule has 0 aliphatic rings. The first-order valence-electron chi connectivity index (χ1n) is 6.39. The highest BCUT2D eigenvalue weighted by molar-refractivity contribution is 6.35. The summed E-state index contributed by atoms with van der Waals surface area (Å²) in [6.07, 6.45) is 0. The summed E-state index contributed by atoms with van der Waals surface area (Å²) in [6.45, 7) is 1.74. The standard InChI is InChI=1S/C15H12Cl2N2O3/c1-9(11-7-6-10(16)8-13(11)17)18-15(20)12-4-2-3-5-14(12)19(21)22/h2-9H,1H3,(H,18,20). The molecule has 1 amide bonds. The Labute approximate surface area is 137 Å². The number of amides is 1. The maximum atomic E-state index is 12.2. The number of nitrogens with one attached hydrogen (secondary N) is 1. The van der Waals surface area contributed by atoms with Crippen molar-refractivity contribution in [1.82, 2.24) is 5.32 Å². The maximum absolute atomic E-state index is 12.2. The number of halogens is 2. The molecule has 2 aromatic carbocycles. The second-order valence-electron chi connectivity index (χ2n) is 4.64. The smallest absolute Gasteiger partial charge is 0.282 e. The number of carbonyl (C=O) groups excluding carboxylic acids is 1. The second kappa shape index (κ2) is 6.77. The van der Waals surface area contributed by atoms with E-state index < -0.39 is 16.9 Å². The minimum absolute atomic E-state index is 0.00411. The third-order valence-electron chi connectivity index (χ3n) is 3.12. The third-order valence-corrected chi connectivity index (χ3v) is 3.68. The largest absolute Gasteiger partial charge is 0.345 e. The average Bonchev–Trinajstić information content (AvgIpc) is 2.46. The Hall–Kier alpha value is -2.11. The third kappa shape index (κ3) is 3.55. The van der Waals surface area contributed by atoms with Crippen molar-refractivity contribution in [2.24, 2.45) is 0 Å². The molecule has 5 nitrogen and oxygen atoms in total. The Morgan fingerprint density at radius 1 is 1.23 bits per heavy atom. The van der Waals surface area contributed by atoms with Crippen LogP contribution in [0.25, 0.3) is 0 Å². The molecule has 0 saturated heterocycles. The van der Waals surface area contributed by atoms with E-state index in [0.29, 0.717) is 15.6 Å². The second-order valence-corrected chi connectivity index (χ2v) is 5.48. The number of hydrogen-bond acceptors (Lipinski definition) is 3. The summed E-state index contributed by atoms with van der Waals surface area (Å²) >= 11 is 11.9. The molecule has 2 aromatic rings. The Morgan fingerprint density at radius 3 is 2.55 bits per heavy atom. The van der Waals surface area contributed by atoms with Gasteiger partial charge in [-0.3, -0.25) is 14.9 Å². The number of nitrogens with zero attached hydrogens (tertiary/aromatic N) is 1. The number of rotatable bonds is 4. The molecule has 0 aromatic heterocycles. The van der Waals surface area contributed by atoms with Crippen LogP contribution in [0.1, 0.15) is 28.9 Å². The highest BCUT2D eigenvalue weighted by Gasteiger charge is 2.21.